The van der Waals surface area contributed by atoms with Crippen molar-refractivity contribution >= 4 is 28.2 Å². The van der Waals surface area contributed by atoms with E-state index in [4.69, 9.17) is 16.7 Å². The van der Waals surface area contributed by atoms with Crippen molar-refractivity contribution in [1.82, 2.24) is 9.97 Å². The fraction of sp³-hybridized carbons (Fsp3) is 0.273. The molecule has 1 atom stereocenters. The summed E-state index contributed by atoms with van der Waals surface area (Å²) in [6, 6.07) is 5.45. The number of nitrogens with one attached hydrogen (secondary N) is 1. The van der Waals surface area contributed by atoms with Crippen LogP contribution < -0.4 is 5.32 Å². The lowest BCUT2D eigenvalue weighted by Crippen LogP contribution is -2.22. The highest BCUT2D eigenvalue weighted by molar-refractivity contribution is 6.34. The van der Waals surface area contributed by atoms with Gasteiger partial charge in [0.1, 0.15) is 11.5 Å². The maximum absolute atomic E-state index is 9.22. The molecule has 0 spiro atoms. The number of aliphatic hydroxyl groups is 2. The van der Waals surface area contributed by atoms with E-state index >= 15 is 0 Å². The highest BCUT2D eigenvalue weighted by atomic mass is 35.5. The molecule has 0 saturated carbocycles. The van der Waals surface area contributed by atoms with Crippen LogP contribution in [0.1, 0.15) is 0 Å². The van der Waals surface area contributed by atoms with Gasteiger partial charge in [0.25, 0.3) is 0 Å². The Balaban J connectivity index is 2.22. The molecule has 17 heavy (non-hydrogen) atoms. The first kappa shape index (κ1) is 12.0. The van der Waals surface area contributed by atoms with E-state index in [0.29, 0.717) is 5.15 Å². The molecule has 0 aliphatic carbocycles. The number of hydrogen-bond donors (Lipinski definition) is 3. The number of aliphatic hydroxyl groups excluding tert-OH is 2. The number of aromatic nitrogens is 2. The van der Waals surface area contributed by atoms with Gasteiger partial charge in [0.15, 0.2) is 0 Å². The van der Waals surface area contributed by atoms with Gasteiger partial charge in [-0.05, 0) is 18.2 Å². The van der Waals surface area contributed by atoms with Crippen LogP contribution in [0.3, 0.4) is 0 Å². The second kappa shape index (κ2) is 5.27. The average molecular weight is 254 g/mol. The number of benzene rings is 1. The van der Waals surface area contributed by atoms with Crippen LogP contribution >= 0.6 is 11.6 Å². The summed E-state index contributed by atoms with van der Waals surface area (Å²) in [5, 5.41) is 22.0. The molecule has 1 aromatic carbocycles. The zero-order valence-electron chi connectivity index (χ0n) is 8.97. The van der Waals surface area contributed by atoms with Gasteiger partial charge in [-0.15, -0.1) is 0 Å². The summed E-state index contributed by atoms with van der Waals surface area (Å²) >= 11 is 5.95. The number of fused-ring (bicyclic) bond motifs is 1. The zero-order chi connectivity index (χ0) is 12.3. The molecule has 6 heteroatoms. The monoisotopic (exact) mass is 253 g/mol. The molecule has 0 bridgehead atoms. The molecule has 0 saturated heterocycles. The van der Waals surface area contributed by atoms with Gasteiger partial charge in [0, 0.05) is 17.6 Å². The number of rotatable bonds is 4. The van der Waals surface area contributed by atoms with Crippen LogP contribution in [0.15, 0.2) is 24.5 Å². The van der Waals surface area contributed by atoms with Gasteiger partial charge in [-0.2, -0.15) is 0 Å². The van der Waals surface area contributed by atoms with Crippen molar-refractivity contribution in [3.05, 3.63) is 29.7 Å². The van der Waals surface area contributed by atoms with Crippen molar-refractivity contribution in [2.75, 3.05) is 18.5 Å². The lowest BCUT2D eigenvalue weighted by atomic mass is 10.2. The van der Waals surface area contributed by atoms with Gasteiger partial charge in [0.2, 0.25) is 0 Å². The predicted molar refractivity (Wildman–Crippen MR) is 66.1 cm³/mol. The fourth-order valence-corrected chi connectivity index (χ4v) is 1.63. The van der Waals surface area contributed by atoms with Crippen LogP contribution in [0.5, 0.6) is 0 Å². The quantitative estimate of drug-likeness (QED) is 0.710. The van der Waals surface area contributed by atoms with Gasteiger partial charge in [-0.1, -0.05) is 11.6 Å². The Morgan fingerprint density at radius 2 is 2.18 bits per heavy atom. The van der Waals surface area contributed by atoms with Gasteiger partial charge >= 0.3 is 0 Å². The summed E-state index contributed by atoms with van der Waals surface area (Å²) in [7, 11) is 0. The summed E-state index contributed by atoms with van der Waals surface area (Å²) in [4.78, 5) is 7.98. The maximum Gasteiger partial charge on any atom is 0.140 e. The molecule has 1 aromatic heterocycles. The minimum Gasteiger partial charge on any atom is -0.394 e. The third-order valence-corrected chi connectivity index (χ3v) is 2.64. The molecular weight excluding hydrogens is 242 g/mol. The fourth-order valence-electron chi connectivity index (χ4n) is 1.44. The number of nitrogens with zero attached hydrogens (tertiary/aromatic N) is 2. The Labute approximate surface area is 103 Å². The molecule has 0 aliphatic heterocycles. The summed E-state index contributed by atoms with van der Waals surface area (Å²) in [6.45, 7) is -0.00222. The van der Waals surface area contributed by atoms with E-state index in [1.54, 1.807) is 0 Å². The highest BCUT2D eigenvalue weighted by Gasteiger charge is 2.04. The van der Waals surface area contributed by atoms with Crippen molar-refractivity contribution in [2.45, 2.75) is 6.10 Å². The Bertz CT molecular complexity index is 521. The van der Waals surface area contributed by atoms with E-state index in [9.17, 15) is 5.11 Å². The summed E-state index contributed by atoms with van der Waals surface area (Å²) < 4.78 is 0. The number of hydrogen-bond acceptors (Lipinski definition) is 5. The lowest BCUT2D eigenvalue weighted by molar-refractivity contribution is 0.105. The topological polar surface area (TPSA) is 78.3 Å². The first-order chi connectivity index (χ1) is 8.20. The Morgan fingerprint density at radius 3 is 2.94 bits per heavy atom. The van der Waals surface area contributed by atoms with Gasteiger partial charge in [-0.25, -0.2) is 9.97 Å². The molecule has 5 nitrogen and oxygen atoms in total. The molecular formula is C11H12ClN3O2. The minimum atomic E-state index is -0.784. The molecule has 1 unspecified atom stereocenters. The molecule has 3 N–H and O–H groups in total. The van der Waals surface area contributed by atoms with Crippen LogP contribution in [0.25, 0.3) is 10.9 Å². The number of halogens is 1. The van der Waals surface area contributed by atoms with Crippen LogP contribution in [-0.4, -0.2) is 39.4 Å². The first-order valence-corrected chi connectivity index (χ1v) is 5.51. The minimum absolute atomic E-state index is 0.271. The standard InChI is InChI=1S/C11H12ClN3O2/c12-11-9-3-7(13-4-8(17)5-16)1-2-10(9)14-6-15-11/h1-3,6,8,13,16-17H,4-5H2. The van der Waals surface area contributed by atoms with E-state index in [-0.39, 0.29) is 13.2 Å². The Hall–Kier alpha value is -1.43. The Kier molecular flexibility index (Phi) is 3.73. The van der Waals surface area contributed by atoms with E-state index in [0.717, 1.165) is 16.6 Å². The molecule has 0 aliphatic rings. The predicted octanol–water partition coefficient (Wildman–Crippen LogP) is 1.05. The third-order valence-electron chi connectivity index (χ3n) is 2.34. The van der Waals surface area contributed by atoms with E-state index in [1.807, 2.05) is 18.2 Å². The zero-order valence-corrected chi connectivity index (χ0v) is 9.72. The Morgan fingerprint density at radius 1 is 1.35 bits per heavy atom. The van der Waals surface area contributed by atoms with Crippen LogP contribution in [0, 0.1) is 0 Å². The second-order valence-corrected chi connectivity index (χ2v) is 3.97. The highest BCUT2D eigenvalue weighted by Crippen LogP contribution is 2.22. The molecule has 90 valence electrons. The SMILES string of the molecule is OCC(O)CNc1ccc2ncnc(Cl)c2c1. The van der Waals surface area contributed by atoms with Gasteiger partial charge in [-0.3, -0.25) is 0 Å². The molecule has 0 fully saturated rings. The second-order valence-electron chi connectivity index (χ2n) is 3.61. The average Bonchev–Trinajstić information content (AvgIpc) is 2.36. The van der Waals surface area contributed by atoms with Gasteiger partial charge in [0.05, 0.1) is 18.2 Å². The van der Waals surface area contributed by atoms with E-state index in [2.05, 4.69) is 15.3 Å². The van der Waals surface area contributed by atoms with E-state index < -0.39 is 6.10 Å². The lowest BCUT2D eigenvalue weighted by Gasteiger charge is -2.10. The number of anilines is 1. The summed E-state index contributed by atoms with van der Waals surface area (Å²) in [5.74, 6) is 0. The van der Waals surface area contributed by atoms with Crippen molar-refractivity contribution in [3.63, 3.8) is 0 Å². The third kappa shape index (κ3) is 2.82. The molecule has 2 aromatic rings. The van der Waals surface area contributed by atoms with Gasteiger partial charge < -0.3 is 15.5 Å². The molecule has 0 radical (unpaired) electrons. The van der Waals surface area contributed by atoms with E-state index in [1.165, 1.54) is 6.33 Å². The molecule has 1 heterocycles. The summed E-state index contributed by atoms with van der Waals surface area (Å²) in [5.41, 5.74) is 1.56. The van der Waals surface area contributed by atoms with Crippen molar-refractivity contribution in [3.8, 4) is 0 Å². The van der Waals surface area contributed by atoms with Crippen molar-refractivity contribution in [2.24, 2.45) is 0 Å². The van der Waals surface area contributed by atoms with Crippen LogP contribution in [0.2, 0.25) is 5.15 Å². The molecule has 2 rings (SSSR count). The van der Waals surface area contributed by atoms with Crippen LogP contribution in [-0.2, 0) is 0 Å². The first-order valence-electron chi connectivity index (χ1n) is 5.14. The van der Waals surface area contributed by atoms with Crippen molar-refractivity contribution in [1.29, 1.82) is 0 Å². The van der Waals surface area contributed by atoms with Crippen LogP contribution in [0.4, 0.5) is 5.69 Å². The largest absolute Gasteiger partial charge is 0.394 e. The maximum atomic E-state index is 9.22. The summed E-state index contributed by atoms with van der Waals surface area (Å²) in [6.07, 6.45) is 0.626. The molecule has 0 amide bonds. The normalized spacial score (nSPS) is 12.6. The smallest absolute Gasteiger partial charge is 0.140 e. The van der Waals surface area contributed by atoms with Crippen molar-refractivity contribution < 1.29 is 10.2 Å².